The van der Waals surface area contributed by atoms with Crippen LogP contribution in [-0.4, -0.2) is 13.7 Å². The lowest BCUT2D eigenvalue weighted by atomic mass is 10.1. The fourth-order valence-corrected chi connectivity index (χ4v) is 1.75. The zero-order valence-electron chi connectivity index (χ0n) is 11.2. The third-order valence-electron chi connectivity index (χ3n) is 2.80. The summed E-state index contributed by atoms with van der Waals surface area (Å²) in [6.07, 6.45) is 4.84. The topological polar surface area (TPSA) is 42.2 Å². The highest BCUT2D eigenvalue weighted by atomic mass is 16.5. The summed E-state index contributed by atoms with van der Waals surface area (Å²) < 4.78 is 10.7. The molecule has 18 heavy (non-hydrogen) atoms. The van der Waals surface area contributed by atoms with E-state index in [0.717, 1.165) is 18.6 Å². The fraction of sp³-hybridized carbons (Fsp3) is 0.533. The van der Waals surface area contributed by atoms with Crippen molar-refractivity contribution in [2.75, 3.05) is 13.7 Å². The molecule has 0 bridgehead atoms. The molecule has 0 saturated carbocycles. The van der Waals surface area contributed by atoms with Gasteiger partial charge >= 0.3 is 0 Å². The lowest BCUT2D eigenvalue weighted by molar-refractivity contribution is 0.117. The van der Waals surface area contributed by atoms with Crippen LogP contribution >= 0.6 is 0 Å². The number of benzene rings is 1. The highest BCUT2D eigenvalue weighted by Crippen LogP contribution is 2.19. The third-order valence-corrected chi connectivity index (χ3v) is 2.80. The number of unbranched alkanes of at least 4 members (excludes halogenated alkanes) is 3. The zero-order valence-corrected chi connectivity index (χ0v) is 11.2. The second-order valence-corrected chi connectivity index (χ2v) is 4.26. The second-order valence-electron chi connectivity index (χ2n) is 4.26. The summed E-state index contributed by atoms with van der Waals surface area (Å²) in [5, 5.41) is 8.97. The standard InChI is InChI=1S/C15H21NO2/c1-3-4-5-6-9-18-12-13-7-8-15(17-2)14(10-13)11-16/h7-8,10H,3-6,9,12H2,1-2H3. The largest absolute Gasteiger partial charge is 0.495 e. The number of hydrogen-bond donors (Lipinski definition) is 0. The molecular weight excluding hydrogens is 226 g/mol. The molecule has 3 nitrogen and oxygen atoms in total. The summed E-state index contributed by atoms with van der Waals surface area (Å²) in [6.45, 7) is 3.54. The van der Waals surface area contributed by atoms with Crippen LogP contribution in [-0.2, 0) is 11.3 Å². The third kappa shape index (κ3) is 4.77. The minimum absolute atomic E-state index is 0.560. The number of nitrogens with zero attached hydrogens (tertiary/aromatic N) is 1. The molecule has 0 aliphatic carbocycles. The quantitative estimate of drug-likeness (QED) is 0.658. The molecule has 0 radical (unpaired) electrons. The molecule has 1 aromatic carbocycles. The molecule has 0 fully saturated rings. The van der Waals surface area contributed by atoms with Crippen molar-refractivity contribution in [3.63, 3.8) is 0 Å². The molecule has 1 rings (SSSR count). The van der Waals surface area contributed by atoms with Crippen LogP contribution in [0.1, 0.15) is 43.7 Å². The Bertz CT molecular complexity index is 396. The summed E-state index contributed by atoms with van der Waals surface area (Å²) >= 11 is 0. The Morgan fingerprint density at radius 1 is 1.22 bits per heavy atom. The van der Waals surface area contributed by atoms with Crippen molar-refractivity contribution in [2.24, 2.45) is 0 Å². The highest BCUT2D eigenvalue weighted by molar-refractivity contribution is 5.45. The first-order chi connectivity index (χ1) is 8.81. The minimum Gasteiger partial charge on any atom is -0.495 e. The molecule has 98 valence electrons. The van der Waals surface area contributed by atoms with E-state index in [4.69, 9.17) is 14.7 Å². The molecule has 0 aliphatic rings. The van der Waals surface area contributed by atoms with E-state index in [0.29, 0.717) is 17.9 Å². The summed E-state index contributed by atoms with van der Waals surface area (Å²) in [5.74, 6) is 0.615. The predicted octanol–water partition coefficient (Wildman–Crippen LogP) is 3.66. The van der Waals surface area contributed by atoms with E-state index in [1.54, 1.807) is 7.11 Å². The smallest absolute Gasteiger partial charge is 0.136 e. The van der Waals surface area contributed by atoms with Crippen molar-refractivity contribution in [1.82, 2.24) is 0 Å². The maximum Gasteiger partial charge on any atom is 0.136 e. The molecule has 0 heterocycles. The molecule has 1 aromatic rings. The Labute approximate surface area is 109 Å². The molecule has 0 unspecified atom stereocenters. The maximum absolute atomic E-state index is 8.97. The average molecular weight is 247 g/mol. The Morgan fingerprint density at radius 2 is 2.06 bits per heavy atom. The van der Waals surface area contributed by atoms with Crippen LogP contribution in [0.2, 0.25) is 0 Å². The predicted molar refractivity (Wildman–Crippen MR) is 71.5 cm³/mol. The lowest BCUT2D eigenvalue weighted by Crippen LogP contribution is -1.97. The SMILES string of the molecule is CCCCCCOCc1ccc(OC)c(C#N)c1. The lowest BCUT2D eigenvalue weighted by Gasteiger charge is -2.07. The number of methoxy groups -OCH3 is 1. The number of ether oxygens (including phenoxy) is 2. The number of hydrogen-bond acceptors (Lipinski definition) is 3. The van der Waals surface area contributed by atoms with Gasteiger partial charge in [-0.05, 0) is 24.1 Å². The first-order valence-corrected chi connectivity index (χ1v) is 6.46. The summed E-state index contributed by atoms with van der Waals surface area (Å²) in [5.41, 5.74) is 1.58. The van der Waals surface area contributed by atoms with Gasteiger partial charge in [0.1, 0.15) is 11.8 Å². The Balaban J connectivity index is 2.37. The van der Waals surface area contributed by atoms with Crippen LogP contribution < -0.4 is 4.74 Å². The molecule has 0 atom stereocenters. The Kier molecular flexibility index (Phi) is 6.90. The monoisotopic (exact) mass is 247 g/mol. The van der Waals surface area contributed by atoms with Gasteiger partial charge in [-0.3, -0.25) is 0 Å². The zero-order chi connectivity index (χ0) is 13.2. The molecule has 3 heteroatoms. The Morgan fingerprint density at radius 3 is 2.72 bits per heavy atom. The first kappa shape index (κ1) is 14.5. The van der Waals surface area contributed by atoms with E-state index in [2.05, 4.69) is 13.0 Å². The van der Waals surface area contributed by atoms with Gasteiger partial charge in [0.15, 0.2) is 0 Å². The highest BCUT2D eigenvalue weighted by Gasteiger charge is 2.03. The van der Waals surface area contributed by atoms with Gasteiger partial charge in [0.2, 0.25) is 0 Å². The maximum atomic E-state index is 8.97. The first-order valence-electron chi connectivity index (χ1n) is 6.46. The van der Waals surface area contributed by atoms with Gasteiger partial charge in [-0.25, -0.2) is 0 Å². The molecular formula is C15H21NO2. The van der Waals surface area contributed by atoms with E-state index in [1.807, 2.05) is 18.2 Å². The van der Waals surface area contributed by atoms with E-state index in [9.17, 15) is 0 Å². The van der Waals surface area contributed by atoms with Crippen molar-refractivity contribution in [3.8, 4) is 11.8 Å². The number of rotatable bonds is 8. The summed E-state index contributed by atoms with van der Waals surface area (Å²) in [4.78, 5) is 0. The van der Waals surface area contributed by atoms with Crippen molar-refractivity contribution in [2.45, 2.75) is 39.2 Å². The normalized spacial score (nSPS) is 10.1. The van der Waals surface area contributed by atoms with Gasteiger partial charge in [0, 0.05) is 6.61 Å². The van der Waals surface area contributed by atoms with Crippen molar-refractivity contribution in [1.29, 1.82) is 5.26 Å². The minimum atomic E-state index is 0.560. The van der Waals surface area contributed by atoms with Gasteiger partial charge in [0.05, 0.1) is 19.3 Å². The van der Waals surface area contributed by atoms with Crippen LogP contribution in [0.15, 0.2) is 18.2 Å². The van der Waals surface area contributed by atoms with Gasteiger partial charge in [-0.15, -0.1) is 0 Å². The van der Waals surface area contributed by atoms with Gasteiger partial charge in [-0.2, -0.15) is 5.26 Å². The van der Waals surface area contributed by atoms with Crippen LogP contribution in [0.25, 0.3) is 0 Å². The Hall–Kier alpha value is -1.53. The molecule has 0 saturated heterocycles. The van der Waals surface area contributed by atoms with Crippen molar-refractivity contribution < 1.29 is 9.47 Å². The molecule has 0 N–H and O–H groups in total. The van der Waals surface area contributed by atoms with Crippen molar-refractivity contribution in [3.05, 3.63) is 29.3 Å². The second kappa shape index (κ2) is 8.54. The van der Waals surface area contributed by atoms with Crippen LogP contribution in [0.3, 0.4) is 0 Å². The van der Waals surface area contributed by atoms with E-state index < -0.39 is 0 Å². The van der Waals surface area contributed by atoms with Crippen LogP contribution in [0, 0.1) is 11.3 Å². The van der Waals surface area contributed by atoms with Gasteiger partial charge < -0.3 is 9.47 Å². The fourth-order valence-electron chi connectivity index (χ4n) is 1.75. The average Bonchev–Trinajstić information content (AvgIpc) is 2.42. The molecule has 0 spiro atoms. The van der Waals surface area contributed by atoms with Crippen molar-refractivity contribution >= 4 is 0 Å². The van der Waals surface area contributed by atoms with Gasteiger partial charge in [-0.1, -0.05) is 32.3 Å². The number of nitriles is 1. The van der Waals surface area contributed by atoms with Crippen LogP contribution in [0.5, 0.6) is 5.75 Å². The molecule has 0 aliphatic heterocycles. The summed E-state index contributed by atoms with van der Waals surface area (Å²) in [7, 11) is 1.57. The van der Waals surface area contributed by atoms with E-state index in [1.165, 1.54) is 19.3 Å². The molecule has 0 aromatic heterocycles. The summed E-state index contributed by atoms with van der Waals surface area (Å²) in [6, 6.07) is 7.70. The molecule has 0 amide bonds. The van der Waals surface area contributed by atoms with Crippen LogP contribution in [0.4, 0.5) is 0 Å². The van der Waals surface area contributed by atoms with E-state index >= 15 is 0 Å². The van der Waals surface area contributed by atoms with Gasteiger partial charge in [0.25, 0.3) is 0 Å². The van der Waals surface area contributed by atoms with E-state index in [-0.39, 0.29) is 0 Å².